The Balaban J connectivity index is 1.73. The molecule has 0 bridgehead atoms. The van der Waals surface area contributed by atoms with Crippen molar-refractivity contribution in [3.8, 4) is 22.4 Å². The minimum Gasteiger partial charge on any atom is -0.497 e. The molecule has 2 aromatic heterocycles. The Morgan fingerprint density at radius 2 is 2.08 bits per heavy atom. The van der Waals surface area contributed by atoms with E-state index in [-0.39, 0.29) is 11.1 Å². The van der Waals surface area contributed by atoms with Crippen LogP contribution in [-0.4, -0.2) is 22.5 Å². The van der Waals surface area contributed by atoms with E-state index in [9.17, 15) is 10.1 Å². The first-order valence-corrected chi connectivity index (χ1v) is 9.68. The van der Waals surface area contributed by atoms with Crippen molar-refractivity contribution in [1.82, 2.24) is 9.55 Å². The highest BCUT2D eigenvalue weighted by Crippen LogP contribution is 2.31. The van der Waals surface area contributed by atoms with Gasteiger partial charge in [-0.2, -0.15) is 5.26 Å². The predicted octanol–water partition coefficient (Wildman–Crippen LogP) is 3.38. The van der Waals surface area contributed by atoms with Crippen molar-refractivity contribution in [3.05, 3.63) is 57.7 Å². The van der Waals surface area contributed by atoms with Crippen LogP contribution in [0.5, 0.6) is 5.75 Å². The molecule has 0 amide bonds. The van der Waals surface area contributed by atoms with E-state index < -0.39 is 0 Å². The number of ether oxygens (including phenoxy) is 1. The molecule has 4 rings (SSSR count). The van der Waals surface area contributed by atoms with E-state index in [4.69, 9.17) is 4.74 Å². The summed E-state index contributed by atoms with van der Waals surface area (Å²) in [6.45, 7) is 0.361. The summed E-state index contributed by atoms with van der Waals surface area (Å²) in [7, 11) is 1.63. The largest absolute Gasteiger partial charge is 0.497 e. The third kappa shape index (κ3) is 2.85. The minimum absolute atomic E-state index is 0.0911. The van der Waals surface area contributed by atoms with Gasteiger partial charge in [-0.15, -0.1) is 11.3 Å². The SMILES string of the molecule is COc1ccc(N2CSc3nc(-c4cccs4)c(C#N)c(=O)n3C2)cc1. The van der Waals surface area contributed by atoms with Gasteiger partial charge in [0.2, 0.25) is 0 Å². The van der Waals surface area contributed by atoms with Gasteiger partial charge in [0.05, 0.1) is 17.9 Å². The van der Waals surface area contributed by atoms with E-state index in [1.54, 1.807) is 11.7 Å². The molecule has 130 valence electrons. The van der Waals surface area contributed by atoms with Crippen LogP contribution < -0.4 is 15.2 Å². The molecule has 8 heteroatoms. The Hall–Kier alpha value is -2.76. The smallest absolute Gasteiger partial charge is 0.274 e. The number of thioether (sulfide) groups is 1. The molecule has 0 radical (unpaired) electrons. The number of benzene rings is 1. The highest BCUT2D eigenvalue weighted by atomic mass is 32.2. The molecule has 1 aromatic carbocycles. The lowest BCUT2D eigenvalue weighted by atomic mass is 10.2. The van der Waals surface area contributed by atoms with Gasteiger partial charge in [0.1, 0.15) is 29.7 Å². The monoisotopic (exact) mass is 382 g/mol. The van der Waals surface area contributed by atoms with Crippen LogP contribution in [0.2, 0.25) is 0 Å². The van der Waals surface area contributed by atoms with Gasteiger partial charge < -0.3 is 9.64 Å². The van der Waals surface area contributed by atoms with Crippen molar-refractivity contribution in [2.45, 2.75) is 11.8 Å². The van der Waals surface area contributed by atoms with Crippen LogP contribution >= 0.6 is 23.1 Å². The minimum atomic E-state index is -0.299. The van der Waals surface area contributed by atoms with Crippen LogP contribution in [0.25, 0.3) is 10.6 Å². The van der Waals surface area contributed by atoms with Crippen molar-refractivity contribution in [3.63, 3.8) is 0 Å². The summed E-state index contributed by atoms with van der Waals surface area (Å²) in [5.41, 5.74) is 1.25. The molecule has 0 aliphatic carbocycles. The van der Waals surface area contributed by atoms with E-state index in [2.05, 4.69) is 9.88 Å². The van der Waals surface area contributed by atoms with Gasteiger partial charge in [-0.3, -0.25) is 9.36 Å². The maximum Gasteiger partial charge on any atom is 0.274 e. The number of hydrogen-bond donors (Lipinski definition) is 0. The molecule has 0 fully saturated rings. The average molecular weight is 382 g/mol. The zero-order chi connectivity index (χ0) is 18.1. The van der Waals surface area contributed by atoms with Gasteiger partial charge >= 0.3 is 0 Å². The molecular formula is C18H14N4O2S2. The van der Waals surface area contributed by atoms with Gasteiger partial charge in [0.25, 0.3) is 5.56 Å². The average Bonchev–Trinajstić information content (AvgIpc) is 3.22. The highest BCUT2D eigenvalue weighted by Gasteiger charge is 2.24. The number of hydrogen-bond acceptors (Lipinski definition) is 7. The van der Waals surface area contributed by atoms with Gasteiger partial charge in [0, 0.05) is 5.69 Å². The molecule has 6 nitrogen and oxygen atoms in total. The third-order valence-corrected chi connectivity index (χ3v) is 5.99. The molecular weight excluding hydrogens is 368 g/mol. The van der Waals surface area contributed by atoms with Crippen LogP contribution in [0.15, 0.2) is 51.7 Å². The molecule has 0 unspecified atom stereocenters. The number of nitrogens with zero attached hydrogens (tertiary/aromatic N) is 4. The second-order valence-electron chi connectivity index (χ2n) is 5.59. The summed E-state index contributed by atoms with van der Waals surface area (Å²) in [4.78, 5) is 20.4. The van der Waals surface area contributed by atoms with Gasteiger partial charge in [-0.25, -0.2) is 4.98 Å². The fourth-order valence-corrected chi connectivity index (χ4v) is 4.43. The second kappa shape index (κ2) is 6.86. The Bertz CT molecular complexity index is 1040. The number of thiophene rings is 1. The molecule has 0 saturated heterocycles. The lowest BCUT2D eigenvalue weighted by Crippen LogP contribution is -2.38. The summed E-state index contributed by atoms with van der Waals surface area (Å²) >= 11 is 2.96. The molecule has 26 heavy (non-hydrogen) atoms. The summed E-state index contributed by atoms with van der Waals surface area (Å²) < 4.78 is 6.75. The first-order valence-electron chi connectivity index (χ1n) is 7.82. The summed E-state index contributed by atoms with van der Waals surface area (Å²) in [6.07, 6.45) is 0. The fraction of sp³-hybridized carbons (Fsp3) is 0.167. The van der Waals surface area contributed by atoms with E-state index in [1.807, 2.05) is 47.8 Å². The van der Waals surface area contributed by atoms with Gasteiger partial charge in [0.15, 0.2) is 5.16 Å². The van der Waals surface area contributed by atoms with E-state index in [0.717, 1.165) is 16.3 Å². The molecule has 0 spiro atoms. The number of rotatable bonds is 3. The summed E-state index contributed by atoms with van der Waals surface area (Å²) in [5, 5.41) is 12.1. The molecule has 0 atom stereocenters. The van der Waals surface area contributed by atoms with E-state index >= 15 is 0 Å². The van der Waals surface area contributed by atoms with E-state index in [1.165, 1.54) is 23.1 Å². The van der Waals surface area contributed by atoms with Crippen LogP contribution in [0.1, 0.15) is 5.56 Å². The number of methoxy groups -OCH3 is 1. The fourth-order valence-electron chi connectivity index (χ4n) is 2.76. The molecule has 1 aliphatic heterocycles. The van der Waals surface area contributed by atoms with Crippen molar-refractivity contribution in [2.24, 2.45) is 0 Å². The molecule has 0 saturated carbocycles. The van der Waals surface area contributed by atoms with Crippen LogP contribution in [0.4, 0.5) is 5.69 Å². The maximum atomic E-state index is 12.9. The number of anilines is 1. The van der Waals surface area contributed by atoms with E-state index in [0.29, 0.717) is 23.4 Å². The lowest BCUT2D eigenvalue weighted by Gasteiger charge is -2.30. The Labute approximate surface area is 158 Å². The Kier molecular flexibility index (Phi) is 4.41. The standard InChI is InChI=1S/C18H14N4O2S2/c1-24-13-6-4-12(5-7-13)21-10-22-17(23)14(9-19)16(15-3-2-8-25-15)20-18(22)26-11-21/h2-8H,10-11H2,1H3. The number of fused-ring (bicyclic) bond motifs is 1. The van der Waals surface area contributed by atoms with Crippen molar-refractivity contribution < 1.29 is 4.74 Å². The highest BCUT2D eigenvalue weighted by molar-refractivity contribution is 7.99. The van der Waals surface area contributed by atoms with Crippen molar-refractivity contribution in [2.75, 3.05) is 17.9 Å². The first-order chi connectivity index (χ1) is 12.7. The quantitative estimate of drug-likeness (QED) is 0.647. The topological polar surface area (TPSA) is 71.2 Å². The summed E-state index contributed by atoms with van der Waals surface area (Å²) in [5.74, 6) is 1.46. The first kappa shape index (κ1) is 16.7. The van der Waals surface area contributed by atoms with Gasteiger partial charge in [-0.05, 0) is 35.7 Å². The number of aromatic nitrogens is 2. The van der Waals surface area contributed by atoms with Crippen LogP contribution in [0.3, 0.4) is 0 Å². The Morgan fingerprint density at radius 3 is 2.73 bits per heavy atom. The third-order valence-electron chi connectivity index (χ3n) is 4.10. The maximum absolute atomic E-state index is 12.9. The predicted molar refractivity (Wildman–Crippen MR) is 103 cm³/mol. The molecule has 3 aromatic rings. The normalized spacial score (nSPS) is 13.2. The van der Waals surface area contributed by atoms with Crippen molar-refractivity contribution >= 4 is 28.8 Å². The molecule has 3 heterocycles. The lowest BCUT2D eigenvalue weighted by molar-refractivity contribution is 0.414. The van der Waals surface area contributed by atoms with Crippen LogP contribution in [0, 0.1) is 11.3 Å². The zero-order valence-electron chi connectivity index (χ0n) is 13.9. The van der Waals surface area contributed by atoms with Crippen LogP contribution in [-0.2, 0) is 6.67 Å². The van der Waals surface area contributed by atoms with Crippen molar-refractivity contribution in [1.29, 1.82) is 5.26 Å². The molecule has 0 N–H and O–H groups in total. The van der Waals surface area contributed by atoms with Gasteiger partial charge in [-0.1, -0.05) is 17.8 Å². The second-order valence-corrected chi connectivity index (χ2v) is 7.45. The number of nitriles is 1. The molecule has 1 aliphatic rings. The Morgan fingerprint density at radius 1 is 1.27 bits per heavy atom. The zero-order valence-corrected chi connectivity index (χ0v) is 15.5. The summed E-state index contributed by atoms with van der Waals surface area (Å²) in [6, 6.07) is 13.5.